The molecule has 0 saturated carbocycles. The van der Waals surface area contributed by atoms with E-state index in [4.69, 9.17) is 11.6 Å². The topological polar surface area (TPSA) is 37.3 Å². The Morgan fingerprint density at radius 1 is 1.43 bits per heavy atom. The molecule has 0 saturated heterocycles. The van der Waals surface area contributed by atoms with E-state index in [1.54, 1.807) is 38.1 Å². The van der Waals surface area contributed by atoms with Crippen LogP contribution in [-0.2, 0) is 4.79 Å². The van der Waals surface area contributed by atoms with Gasteiger partial charge in [-0.3, -0.25) is 4.79 Å². The maximum absolute atomic E-state index is 11.5. The molecule has 0 aliphatic carbocycles. The molecule has 0 aliphatic heterocycles. The Bertz CT molecular complexity index is 334. The van der Waals surface area contributed by atoms with Gasteiger partial charge >= 0.3 is 0 Å². The molecule has 76 valence electrons. The van der Waals surface area contributed by atoms with Crippen molar-refractivity contribution in [2.45, 2.75) is 20.0 Å². The van der Waals surface area contributed by atoms with Gasteiger partial charge in [0.05, 0.1) is 0 Å². The maximum Gasteiger partial charge on any atom is 0.168 e. The Morgan fingerprint density at radius 3 is 2.57 bits per heavy atom. The van der Waals surface area contributed by atoms with Crippen LogP contribution in [0.3, 0.4) is 0 Å². The number of hydrogen-bond acceptors (Lipinski definition) is 2. The molecule has 0 spiro atoms. The van der Waals surface area contributed by atoms with Gasteiger partial charge in [-0.25, -0.2) is 0 Å². The van der Waals surface area contributed by atoms with E-state index in [0.717, 1.165) is 0 Å². The number of ketones is 1. The molecule has 14 heavy (non-hydrogen) atoms. The van der Waals surface area contributed by atoms with Crippen molar-refractivity contribution in [3.63, 3.8) is 0 Å². The summed E-state index contributed by atoms with van der Waals surface area (Å²) in [6, 6.07) is 6.72. The number of aliphatic hydroxyl groups is 1. The molecule has 0 unspecified atom stereocenters. The van der Waals surface area contributed by atoms with Crippen molar-refractivity contribution in [3.8, 4) is 0 Å². The molecular formula is C11H13ClO2. The molecule has 1 N–H and O–H groups in total. The number of aliphatic hydroxyl groups excluding tert-OH is 1. The van der Waals surface area contributed by atoms with E-state index in [-0.39, 0.29) is 11.7 Å². The van der Waals surface area contributed by atoms with Gasteiger partial charge in [-0.2, -0.15) is 0 Å². The molecule has 0 radical (unpaired) electrons. The summed E-state index contributed by atoms with van der Waals surface area (Å²) in [5.41, 5.74) is 0.552. The number of benzene rings is 1. The van der Waals surface area contributed by atoms with Crippen molar-refractivity contribution in [2.24, 2.45) is 5.92 Å². The largest absolute Gasteiger partial charge is 0.381 e. The highest BCUT2D eigenvalue weighted by Crippen LogP contribution is 2.20. The number of carbonyl (C=O) groups excluding carboxylic acids is 1. The highest BCUT2D eigenvalue weighted by Gasteiger charge is 2.19. The Balaban J connectivity index is 2.89. The lowest BCUT2D eigenvalue weighted by Crippen LogP contribution is -2.17. The van der Waals surface area contributed by atoms with Gasteiger partial charge in [0.1, 0.15) is 6.10 Å². The van der Waals surface area contributed by atoms with Crippen molar-refractivity contribution >= 4 is 17.4 Å². The molecule has 1 atom stereocenters. The average molecular weight is 213 g/mol. The number of hydrogen-bond donors (Lipinski definition) is 1. The first-order valence-electron chi connectivity index (χ1n) is 4.49. The third-order valence-corrected chi connectivity index (χ3v) is 2.24. The Kier molecular flexibility index (Phi) is 3.67. The molecule has 0 fully saturated rings. The van der Waals surface area contributed by atoms with Crippen LogP contribution in [0.15, 0.2) is 24.3 Å². The van der Waals surface area contributed by atoms with E-state index in [2.05, 4.69) is 0 Å². The molecule has 0 amide bonds. The Hall–Kier alpha value is -0.860. The number of carbonyl (C=O) groups is 1. The van der Waals surface area contributed by atoms with E-state index in [9.17, 15) is 9.90 Å². The first kappa shape index (κ1) is 11.2. The van der Waals surface area contributed by atoms with E-state index in [1.165, 1.54) is 0 Å². The summed E-state index contributed by atoms with van der Waals surface area (Å²) in [5.74, 6) is -0.365. The van der Waals surface area contributed by atoms with Gasteiger partial charge in [0.15, 0.2) is 5.78 Å². The van der Waals surface area contributed by atoms with Gasteiger partial charge in [-0.05, 0) is 17.7 Å². The smallest absolute Gasteiger partial charge is 0.168 e. The summed E-state index contributed by atoms with van der Waals surface area (Å²) in [6.07, 6.45) is -1.06. The quantitative estimate of drug-likeness (QED) is 0.836. The molecule has 1 aromatic carbocycles. The number of Topliss-reactive ketones (excluding diaryl/α,β-unsaturated/α-hetero) is 1. The Labute approximate surface area is 88.5 Å². The predicted octanol–water partition coefficient (Wildman–Crippen LogP) is 2.60. The van der Waals surface area contributed by atoms with Crippen LogP contribution >= 0.6 is 11.6 Å². The lowest BCUT2D eigenvalue weighted by atomic mass is 9.98. The zero-order valence-corrected chi connectivity index (χ0v) is 8.95. The fourth-order valence-corrected chi connectivity index (χ4v) is 1.36. The number of rotatable bonds is 3. The second-order valence-corrected chi connectivity index (χ2v) is 3.95. The second-order valence-electron chi connectivity index (χ2n) is 3.51. The minimum Gasteiger partial charge on any atom is -0.381 e. The highest BCUT2D eigenvalue weighted by atomic mass is 35.5. The van der Waals surface area contributed by atoms with Crippen LogP contribution in [0.5, 0.6) is 0 Å². The van der Waals surface area contributed by atoms with Crippen LogP contribution in [0.2, 0.25) is 5.02 Å². The number of halogens is 1. The van der Waals surface area contributed by atoms with Gasteiger partial charge < -0.3 is 5.11 Å². The minimum absolute atomic E-state index is 0.177. The highest BCUT2D eigenvalue weighted by molar-refractivity contribution is 6.30. The van der Waals surface area contributed by atoms with E-state index in [1.807, 2.05) is 0 Å². The first-order valence-corrected chi connectivity index (χ1v) is 4.87. The molecule has 0 aliphatic rings. The van der Waals surface area contributed by atoms with E-state index >= 15 is 0 Å². The van der Waals surface area contributed by atoms with E-state index < -0.39 is 6.10 Å². The van der Waals surface area contributed by atoms with Crippen molar-refractivity contribution in [1.82, 2.24) is 0 Å². The van der Waals surface area contributed by atoms with Crippen LogP contribution in [0.4, 0.5) is 0 Å². The molecule has 2 nitrogen and oxygen atoms in total. The molecule has 0 bridgehead atoms. The monoisotopic (exact) mass is 212 g/mol. The van der Waals surface area contributed by atoms with Crippen molar-refractivity contribution in [3.05, 3.63) is 34.9 Å². The van der Waals surface area contributed by atoms with Crippen molar-refractivity contribution < 1.29 is 9.90 Å². The minimum atomic E-state index is -1.06. The molecule has 1 rings (SSSR count). The van der Waals surface area contributed by atoms with E-state index in [0.29, 0.717) is 10.6 Å². The zero-order valence-electron chi connectivity index (χ0n) is 8.20. The van der Waals surface area contributed by atoms with Gasteiger partial charge in [-0.15, -0.1) is 0 Å². The fraction of sp³-hybridized carbons (Fsp3) is 0.364. The first-order chi connectivity index (χ1) is 6.52. The zero-order chi connectivity index (χ0) is 10.7. The summed E-state index contributed by atoms with van der Waals surface area (Å²) in [4.78, 5) is 11.5. The Morgan fingerprint density at radius 2 is 2.07 bits per heavy atom. The van der Waals surface area contributed by atoms with Crippen LogP contribution < -0.4 is 0 Å². The fourth-order valence-electron chi connectivity index (χ4n) is 1.16. The van der Waals surface area contributed by atoms with Gasteiger partial charge in [0.2, 0.25) is 0 Å². The second kappa shape index (κ2) is 4.58. The SMILES string of the molecule is CC(C)C(=O)[C@H](O)c1cccc(Cl)c1. The molecule has 1 aromatic rings. The molecule has 3 heteroatoms. The van der Waals surface area contributed by atoms with Crippen LogP contribution in [0, 0.1) is 5.92 Å². The average Bonchev–Trinajstić information content (AvgIpc) is 2.15. The standard InChI is InChI=1S/C11H13ClO2/c1-7(2)10(13)11(14)8-4-3-5-9(12)6-8/h3-7,11,14H,1-2H3/t11-/m1/s1. The van der Waals surface area contributed by atoms with Crippen LogP contribution in [0.1, 0.15) is 25.5 Å². The summed E-state index contributed by atoms with van der Waals surface area (Å²) in [7, 11) is 0. The van der Waals surface area contributed by atoms with Gasteiger partial charge in [0.25, 0.3) is 0 Å². The normalized spacial score (nSPS) is 12.9. The third kappa shape index (κ3) is 2.56. The predicted molar refractivity (Wildman–Crippen MR) is 56.3 cm³/mol. The van der Waals surface area contributed by atoms with Gasteiger partial charge in [0, 0.05) is 10.9 Å². The van der Waals surface area contributed by atoms with Crippen molar-refractivity contribution in [1.29, 1.82) is 0 Å². The lowest BCUT2D eigenvalue weighted by Gasteiger charge is -2.12. The summed E-state index contributed by atoms with van der Waals surface area (Å²) < 4.78 is 0. The summed E-state index contributed by atoms with van der Waals surface area (Å²) >= 11 is 5.75. The van der Waals surface area contributed by atoms with Gasteiger partial charge in [-0.1, -0.05) is 37.6 Å². The maximum atomic E-state index is 11.5. The lowest BCUT2D eigenvalue weighted by molar-refractivity contribution is -0.130. The van der Waals surface area contributed by atoms with Crippen LogP contribution in [0.25, 0.3) is 0 Å². The molecule has 0 aromatic heterocycles. The van der Waals surface area contributed by atoms with Crippen LogP contribution in [-0.4, -0.2) is 10.9 Å². The molecule has 0 heterocycles. The summed E-state index contributed by atoms with van der Waals surface area (Å²) in [6.45, 7) is 3.52. The van der Waals surface area contributed by atoms with Crippen molar-refractivity contribution in [2.75, 3.05) is 0 Å². The summed E-state index contributed by atoms with van der Waals surface area (Å²) in [5, 5.41) is 10.2. The third-order valence-electron chi connectivity index (χ3n) is 2.00. The molecular weight excluding hydrogens is 200 g/mol.